The minimum atomic E-state index is -4.59. The van der Waals surface area contributed by atoms with Crippen LogP contribution in [0.25, 0.3) is 11.0 Å². The number of alkyl halides is 3. The van der Waals surface area contributed by atoms with E-state index in [1.165, 1.54) is 34.5 Å². The molecule has 2 aromatic heterocycles. The Balaban J connectivity index is 2.00. The zero-order chi connectivity index (χ0) is 22.9. The van der Waals surface area contributed by atoms with Crippen molar-refractivity contribution >= 4 is 34.4 Å². The molecule has 0 unspecified atom stereocenters. The fourth-order valence-corrected chi connectivity index (χ4v) is 3.97. The minimum absolute atomic E-state index is 0.203. The van der Waals surface area contributed by atoms with Crippen molar-refractivity contribution in [1.82, 2.24) is 14.1 Å². The van der Waals surface area contributed by atoms with E-state index in [-0.39, 0.29) is 29.2 Å². The number of amides is 1. The van der Waals surface area contributed by atoms with Crippen molar-refractivity contribution in [3.8, 4) is 0 Å². The number of hydrogen-bond acceptors (Lipinski definition) is 4. The third-order valence-corrected chi connectivity index (χ3v) is 5.39. The molecular weight excluding hydrogens is 429 g/mol. The van der Waals surface area contributed by atoms with Crippen LogP contribution in [0, 0.1) is 12.8 Å². The van der Waals surface area contributed by atoms with E-state index < -0.39 is 17.6 Å². The average Bonchev–Trinajstić information content (AvgIpc) is 2.98. The highest BCUT2D eigenvalue weighted by Gasteiger charge is 2.33. The van der Waals surface area contributed by atoms with Crippen molar-refractivity contribution in [2.75, 3.05) is 11.6 Å². The monoisotopic (exact) mass is 452 g/mol. The van der Waals surface area contributed by atoms with Crippen molar-refractivity contribution in [1.29, 1.82) is 0 Å². The summed E-state index contributed by atoms with van der Waals surface area (Å²) in [6, 6.07) is 6.48. The normalized spacial score (nSPS) is 12.0. The predicted octanol–water partition coefficient (Wildman–Crippen LogP) is 4.54. The van der Waals surface area contributed by atoms with E-state index in [4.69, 9.17) is 0 Å². The van der Waals surface area contributed by atoms with Gasteiger partial charge in [0.2, 0.25) is 5.91 Å². The summed E-state index contributed by atoms with van der Waals surface area (Å²) in [5, 5.41) is 2.90. The molecule has 0 bridgehead atoms. The molecule has 0 saturated carbocycles. The number of anilines is 1. The predicted molar refractivity (Wildman–Crippen MR) is 115 cm³/mol. The van der Waals surface area contributed by atoms with Gasteiger partial charge >= 0.3 is 6.18 Å². The number of hydrogen-bond donors (Lipinski definition) is 1. The van der Waals surface area contributed by atoms with E-state index >= 15 is 0 Å². The summed E-state index contributed by atoms with van der Waals surface area (Å²) >= 11 is 1.36. The molecule has 0 atom stereocenters. The topological polar surface area (TPSA) is 68.9 Å². The highest BCUT2D eigenvalue weighted by Crippen LogP contribution is 2.34. The molecule has 0 radical (unpaired) electrons. The van der Waals surface area contributed by atoms with Gasteiger partial charge in [0, 0.05) is 12.2 Å². The number of carbonyl (C=O) groups excluding carboxylic acids is 1. The number of nitrogens with one attached hydrogen (secondary N) is 1. The molecule has 1 aromatic carbocycles. The molecule has 3 rings (SSSR count). The van der Waals surface area contributed by atoms with Crippen molar-refractivity contribution in [2.45, 2.75) is 45.2 Å². The maximum absolute atomic E-state index is 13.2. The molecule has 0 spiro atoms. The van der Waals surface area contributed by atoms with Crippen LogP contribution in [0.4, 0.5) is 18.9 Å². The third-order valence-electron chi connectivity index (χ3n) is 4.72. The Bertz CT molecular complexity index is 1180. The van der Waals surface area contributed by atoms with E-state index in [1.54, 1.807) is 17.6 Å². The van der Waals surface area contributed by atoms with Gasteiger partial charge in [-0.15, -0.1) is 0 Å². The first-order chi connectivity index (χ1) is 14.5. The molecule has 10 heteroatoms. The quantitative estimate of drug-likeness (QED) is 0.440. The lowest BCUT2D eigenvalue weighted by atomic mass is 10.1. The molecule has 3 aromatic rings. The highest BCUT2D eigenvalue weighted by atomic mass is 32.2. The summed E-state index contributed by atoms with van der Waals surface area (Å²) in [7, 11) is 0. The van der Waals surface area contributed by atoms with E-state index in [1.807, 2.05) is 20.1 Å². The Kier molecular flexibility index (Phi) is 6.49. The number of rotatable bonds is 6. The zero-order valence-corrected chi connectivity index (χ0v) is 18.4. The van der Waals surface area contributed by atoms with Gasteiger partial charge in [0.15, 0.2) is 5.16 Å². The Morgan fingerprint density at radius 2 is 1.90 bits per heavy atom. The number of benzene rings is 1. The van der Waals surface area contributed by atoms with Crippen molar-refractivity contribution < 1.29 is 18.0 Å². The van der Waals surface area contributed by atoms with Crippen LogP contribution >= 0.6 is 11.8 Å². The lowest BCUT2D eigenvalue weighted by Gasteiger charge is -2.15. The van der Waals surface area contributed by atoms with Gasteiger partial charge in [0.25, 0.3) is 5.56 Å². The lowest BCUT2D eigenvalue weighted by molar-refractivity contribution is -0.137. The number of aromatic nitrogens is 3. The fraction of sp³-hybridized carbons (Fsp3) is 0.381. The molecule has 6 nitrogen and oxygen atoms in total. The Hall–Kier alpha value is -2.75. The number of nitrogens with zero attached hydrogens (tertiary/aromatic N) is 3. The van der Waals surface area contributed by atoms with Crippen LogP contribution in [-0.2, 0) is 24.1 Å². The molecule has 31 heavy (non-hydrogen) atoms. The van der Waals surface area contributed by atoms with Gasteiger partial charge in [-0.05, 0) is 37.3 Å². The molecular formula is C21H23F3N4O2S. The first kappa shape index (κ1) is 22.9. The van der Waals surface area contributed by atoms with Crippen LogP contribution in [-0.4, -0.2) is 26.3 Å². The van der Waals surface area contributed by atoms with Crippen LogP contribution in [0.1, 0.15) is 25.1 Å². The number of aryl methyl sites for hydroxylation is 1. The number of carbonyl (C=O) groups is 1. The van der Waals surface area contributed by atoms with Crippen LogP contribution in [0.3, 0.4) is 0 Å². The maximum atomic E-state index is 13.2. The fourth-order valence-electron chi connectivity index (χ4n) is 3.41. The molecule has 0 aliphatic heterocycles. The Labute approximate surface area is 181 Å². The van der Waals surface area contributed by atoms with E-state index in [0.29, 0.717) is 22.9 Å². The van der Waals surface area contributed by atoms with E-state index in [2.05, 4.69) is 10.3 Å². The van der Waals surface area contributed by atoms with Crippen LogP contribution in [0.15, 0.2) is 40.3 Å². The largest absolute Gasteiger partial charge is 0.418 e. The SMILES string of the molecule is CSc1nc2cc(C)n(CC(=O)Nc3ccccc3C(F)(F)F)c2c(=O)n1CC(C)C. The van der Waals surface area contributed by atoms with E-state index in [9.17, 15) is 22.8 Å². The standard InChI is InChI=1S/C21H23F3N4O2S/c1-12(2)10-28-19(30)18-16(26-20(28)31-4)9-13(3)27(18)11-17(29)25-15-8-6-5-7-14(15)21(22,23)24/h5-9,12H,10-11H2,1-4H3,(H,25,29). The number of thioether (sulfide) groups is 1. The molecule has 166 valence electrons. The van der Waals surface area contributed by atoms with Gasteiger partial charge in [-0.3, -0.25) is 14.2 Å². The molecule has 1 N–H and O–H groups in total. The second kappa shape index (κ2) is 8.78. The summed E-state index contributed by atoms with van der Waals surface area (Å²) in [6.07, 6.45) is -2.76. The van der Waals surface area contributed by atoms with Crippen molar-refractivity contribution in [2.24, 2.45) is 5.92 Å². The van der Waals surface area contributed by atoms with Gasteiger partial charge in [-0.1, -0.05) is 37.7 Å². The summed E-state index contributed by atoms with van der Waals surface area (Å²) < 4.78 is 42.7. The Morgan fingerprint density at radius 3 is 2.52 bits per heavy atom. The van der Waals surface area contributed by atoms with Crippen LogP contribution in [0.5, 0.6) is 0 Å². The summed E-state index contributed by atoms with van der Waals surface area (Å²) in [5.74, 6) is -0.462. The number of para-hydroxylation sites is 1. The van der Waals surface area contributed by atoms with Gasteiger partial charge in [0.1, 0.15) is 12.1 Å². The van der Waals surface area contributed by atoms with Gasteiger partial charge in [0.05, 0.1) is 16.8 Å². The minimum Gasteiger partial charge on any atom is -0.330 e. The molecule has 1 amide bonds. The molecule has 0 fully saturated rings. The van der Waals surface area contributed by atoms with Crippen molar-refractivity contribution in [3.05, 3.63) is 51.9 Å². The zero-order valence-electron chi connectivity index (χ0n) is 17.6. The summed E-state index contributed by atoms with van der Waals surface area (Å²) in [5.41, 5.74) is -0.199. The average molecular weight is 453 g/mol. The first-order valence-electron chi connectivity index (χ1n) is 9.63. The summed E-state index contributed by atoms with van der Waals surface area (Å²) in [4.78, 5) is 30.4. The van der Waals surface area contributed by atoms with Gasteiger partial charge in [-0.25, -0.2) is 4.98 Å². The molecule has 0 aliphatic rings. The summed E-state index contributed by atoms with van der Waals surface area (Å²) in [6.45, 7) is 5.85. The highest BCUT2D eigenvalue weighted by molar-refractivity contribution is 7.98. The molecule has 2 heterocycles. The molecule has 0 aliphatic carbocycles. The van der Waals surface area contributed by atoms with Crippen molar-refractivity contribution in [3.63, 3.8) is 0 Å². The Morgan fingerprint density at radius 1 is 1.23 bits per heavy atom. The maximum Gasteiger partial charge on any atom is 0.418 e. The smallest absolute Gasteiger partial charge is 0.330 e. The third kappa shape index (κ3) is 4.79. The van der Waals surface area contributed by atoms with Crippen LogP contribution in [0.2, 0.25) is 0 Å². The lowest BCUT2D eigenvalue weighted by Crippen LogP contribution is -2.28. The number of halogens is 3. The number of fused-ring (bicyclic) bond motifs is 1. The second-order valence-corrected chi connectivity index (χ2v) is 8.38. The first-order valence-corrected chi connectivity index (χ1v) is 10.9. The molecule has 0 saturated heterocycles. The van der Waals surface area contributed by atoms with Gasteiger partial charge in [-0.2, -0.15) is 13.2 Å². The van der Waals surface area contributed by atoms with Crippen LogP contribution < -0.4 is 10.9 Å². The second-order valence-electron chi connectivity index (χ2n) is 7.61. The van der Waals surface area contributed by atoms with E-state index in [0.717, 1.165) is 6.07 Å². The van der Waals surface area contributed by atoms with Gasteiger partial charge < -0.3 is 9.88 Å².